The number of benzene rings is 2. The van der Waals surface area contributed by atoms with Gasteiger partial charge in [0.15, 0.2) is 12.4 Å². The third-order valence-corrected chi connectivity index (χ3v) is 2.98. The number of oxime groups is 1. The maximum absolute atomic E-state index is 11.6. The summed E-state index contributed by atoms with van der Waals surface area (Å²) in [6.07, 6.45) is 0. The first-order chi connectivity index (χ1) is 11.1. The fourth-order valence-corrected chi connectivity index (χ4v) is 1.80. The summed E-state index contributed by atoms with van der Waals surface area (Å²) in [5.41, 5.74) is 7.50. The van der Waals surface area contributed by atoms with Crippen molar-refractivity contribution in [1.82, 2.24) is 0 Å². The summed E-state index contributed by atoms with van der Waals surface area (Å²) < 4.78 is 10.3. The number of nitrogens with zero attached hydrogens (tertiary/aromatic N) is 1. The summed E-state index contributed by atoms with van der Waals surface area (Å²) in [5.74, 6) is 0.719. The van der Waals surface area contributed by atoms with Gasteiger partial charge < -0.3 is 20.0 Å². The molecule has 2 aromatic carbocycles. The van der Waals surface area contributed by atoms with Crippen molar-refractivity contribution in [3.05, 3.63) is 59.7 Å². The predicted molar refractivity (Wildman–Crippen MR) is 86.5 cm³/mol. The van der Waals surface area contributed by atoms with Gasteiger partial charge >= 0.3 is 5.97 Å². The van der Waals surface area contributed by atoms with Crippen LogP contribution in [0.5, 0.6) is 11.5 Å². The van der Waals surface area contributed by atoms with Gasteiger partial charge in [-0.1, -0.05) is 28.9 Å². The quantitative estimate of drug-likeness (QED) is 0.383. The van der Waals surface area contributed by atoms with Gasteiger partial charge in [0.05, 0.1) is 7.11 Å². The predicted octanol–water partition coefficient (Wildman–Crippen LogP) is 2.25. The third kappa shape index (κ3) is 5.03. The fourth-order valence-electron chi connectivity index (χ4n) is 1.80. The second-order valence-corrected chi connectivity index (χ2v) is 4.77. The second-order valence-electron chi connectivity index (χ2n) is 4.77. The highest BCUT2D eigenvalue weighted by Crippen LogP contribution is 2.16. The van der Waals surface area contributed by atoms with Gasteiger partial charge in [-0.2, -0.15) is 0 Å². The zero-order valence-corrected chi connectivity index (χ0v) is 13.0. The van der Waals surface area contributed by atoms with Crippen LogP contribution in [0.1, 0.15) is 11.1 Å². The molecule has 0 saturated heterocycles. The van der Waals surface area contributed by atoms with Crippen LogP contribution in [-0.4, -0.2) is 25.5 Å². The topological polar surface area (TPSA) is 83.1 Å². The van der Waals surface area contributed by atoms with Crippen molar-refractivity contribution >= 4 is 11.8 Å². The molecule has 0 aliphatic carbocycles. The monoisotopic (exact) mass is 314 g/mol. The zero-order chi connectivity index (χ0) is 16.7. The summed E-state index contributed by atoms with van der Waals surface area (Å²) in [6.45, 7) is 1.67. The number of rotatable bonds is 6. The number of aryl methyl sites for hydroxylation is 1. The summed E-state index contributed by atoms with van der Waals surface area (Å²) in [6, 6.07) is 14.3. The van der Waals surface area contributed by atoms with E-state index in [1.165, 1.54) is 0 Å². The van der Waals surface area contributed by atoms with Gasteiger partial charge in [-0.25, -0.2) is 4.79 Å². The van der Waals surface area contributed by atoms with Gasteiger partial charge in [0.1, 0.15) is 11.5 Å². The molecule has 0 heterocycles. The number of nitrogens with two attached hydrogens (primary N) is 1. The molecule has 23 heavy (non-hydrogen) atoms. The maximum atomic E-state index is 11.6. The molecule has 6 heteroatoms. The lowest BCUT2D eigenvalue weighted by Gasteiger charge is -2.05. The molecule has 2 rings (SSSR count). The van der Waals surface area contributed by atoms with E-state index in [4.69, 9.17) is 20.0 Å². The first-order valence-electron chi connectivity index (χ1n) is 6.95. The molecule has 0 bridgehead atoms. The van der Waals surface area contributed by atoms with Crippen molar-refractivity contribution in [2.75, 3.05) is 13.7 Å². The molecule has 2 aromatic rings. The molecular weight excluding hydrogens is 296 g/mol. The molecule has 6 nitrogen and oxygen atoms in total. The standard InChI is InChI=1S/C17H18N2O4/c1-12-4-3-5-13(10-12)17(18)19-23-16(20)11-22-15-8-6-14(21-2)7-9-15/h3-10H,11H2,1-2H3,(H2,18,19). The Bertz CT molecular complexity index is 696. The molecule has 0 fully saturated rings. The Morgan fingerprint density at radius 1 is 1.13 bits per heavy atom. The van der Waals surface area contributed by atoms with E-state index >= 15 is 0 Å². The van der Waals surface area contributed by atoms with E-state index in [0.717, 1.165) is 5.56 Å². The number of amidine groups is 1. The lowest BCUT2D eigenvalue weighted by Crippen LogP contribution is -2.18. The summed E-state index contributed by atoms with van der Waals surface area (Å²) in [4.78, 5) is 16.3. The molecular formula is C17H18N2O4. The lowest BCUT2D eigenvalue weighted by atomic mass is 10.1. The maximum Gasteiger partial charge on any atom is 0.372 e. The van der Waals surface area contributed by atoms with Crippen molar-refractivity contribution in [1.29, 1.82) is 0 Å². The van der Waals surface area contributed by atoms with Crippen LogP contribution in [0.15, 0.2) is 53.7 Å². The van der Waals surface area contributed by atoms with Crippen LogP contribution in [0, 0.1) is 6.92 Å². The highest BCUT2D eigenvalue weighted by atomic mass is 16.7. The second kappa shape index (κ2) is 7.84. The van der Waals surface area contributed by atoms with Crippen molar-refractivity contribution in [3.8, 4) is 11.5 Å². The summed E-state index contributed by atoms with van der Waals surface area (Å²) >= 11 is 0. The summed E-state index contributed by atoms with van der Waals surface area (Å²) in [5, 5.41) is 3.62. The lowest BCUT2D eigenvalue weighted by molar-refractivity contribution is -0.146. The van der Waals surface area contributed by atoms with Crippen molar-refractivity contribution in [2.24, 2.45) is 10.9 Å². The van der Waals surface area contributed by atoms with Crippen LogP contribution in [0.25, 0.3) is 0 Å². The molecule has 0 radical (unpaired) electrons. The normalized spacial score (nSPS) is 11.0. The van der Waals surface area contributed by atoms with Gasteiger partial charge in [0.25, 0.3) is 0 Å². The van der Waals surface area contributed by atoms with Crippen molar-refractivity contribution < 1.29 is 19.1 Å². The first kappa shape index (κ1) is 16.4. The Hall–Kier alpha value is -3.02. The SMILES string of the molecule is COc1ccc(OCC(=O)O/N=C(/N)c2cccc(C)c2)cc1. The number of methoxy groups -OCH3 is 1. The van der Waals surface area contributed by atoms with Gasteiger partial charge in [-0.3, -0.25) is 0 Å². The van der Waals surface area contributed by atoms with E-state index in [1.54, 1.807) is 37.4 Å². The Morgan fingerprint density at radius 2 is 1.83 bits per heavy atom. The average molecular weight is 314 g/mol. The van der Waals surface area contributed by atoms with E-state index in [0.29, 0.717) is 17.1 Å². The minimum Gasteiger partial charge on any atom is -0.497 e. The minimum absolute atomic E-state index is 0.131. The molecule has 0 aromatic heterocycles. The molecule has 2 N–H and O–H groups in total. The van der Waals surface area contributed by atoms with E-state index in [-0.39, 0.29) is 12.4 Å². The number of carbonyl (C=O) groups is 1. The number of hydrogen-bond acceptors (Lipinski definition) is 5. The van der Waals surface area contributed by atoms with Crippen LogP contribution in [-0.2, 0) is 9.63 Å². The highest BCUT2D eigenvalue weighted by molar-refractivity contribution is 5.97. The van der Waals surface area contributed by atoms with Crippen LogP contribution >= 0.6 is 0 Å². The molecule has 0 atom stereocenters. The molecule has 0 spiro atoms. The van der Waals surface area contributed by atoms with E-state index in [9.17, 15) is 4.79 Å². The van der Waals surface area contributed by atoms with Crippen LogP contribution in [0.3, 0.4) is 0 Å². The van der Waals surface area contributed by atoms with Crippen LogP contribution in [0.4, 0.5) is 0 Å². The molecule has 0 aliphatic rings. The Kier molecular flexibility index (Phi) is 5.57. The first-order valence-corrected chi connectivity index (χ1v) is 6.95. The van der Waals surface area contributed by atoms with Gasteiger partial charge in [0.2, 0.25) is 0 Å². The van der Waals surface area contributed by atoms with E-state index < -0.39 is 5.97 Å². The van der Waals surface area contributed by atoms with E-state index in [2.05, 4.69) is 5.16 Å². The highest BCUT2D eigenvalue weighted by Gasteiger charge is 2.06. The van der Waals surface area contributed by atoms with Crippen molar-refractivity contribution in [3.63, 3.8) is 0 Å². The third-order valence-electron chi connectivity index (χ3n) is 2.98. The molecule has 0 saturated carbocycles. The Labute approximate surface area is 134 Å². The fraction of sp³-hybridized carbons (Fsp3) is 0.176. The minimum atomic E-state index is -0.642. The van der Waals surface area contributed by atoms with E-state index in [1.807, 2.05) is 25.1 Å². The Morgan fingerprint density at radius 3 is 2.48 bits per heavy atom. The molecule has 0 aliphatic heterocycles. The van der Waals surface area contributed by atoms with Crippen LogP contribution in [0.2, 0.25) is 0 Å². The zero-order valence-electron chi connectivity index (χ0n) is 13.0. The van der Waals surface area contributed by atoms with Gasteiger partial charge in [-0.15, -0.1) is 0 Å². The Balaban J connectivity index is 1.85. The largest absolute Gasteiger partial charge is 0.497 e. The number of carbonyl (C=O) groups excluding carboxylic acids is 1. The smallest absolute Gasteiger partial charge is 0.372 e. The van der Waals surface area contributed by atoms with Crippen molar-refractivity contribution in [2.45, 2.75) is 6.92 Å². The molecule has 0 amide bonds. The summed E-state index contributed by atoms with van der Waals surface area (Å²) in [7, 11) is 1.57. The molecule has 120 valence electrons. The number of ether oxygens (including phenoxy) is 2. The van der Waals surface area contributed by atoms with Gasteiger partial charge in [-0.05, 0) is 37.3 Å². The molecule has 0 unspecified atom stereocenters. The average Bonchev–Trinajstić information content (AvgIpc) is 2.58. The number of hydrogen-bond donors (Lipinski definition) is 1. The van der Waals surface area contributed by atoms with Gasteiger partial charge in [0, 0.05) is 5.56 Å². The van der Waals surface area contributed by atoms with Crippen LogP contribution < -0.4 is 15.2 Å².